The SMILES string of the molecule is Cc1ccsc1C(=O)NCC1(C(=O)O)CCCC1. The van der Waals surface area contributed by atoms with E-state index >= 15 is 0 Å². The van der Waals surface area contributed by atoms with Gasteiger partial charge < -0.3 is 10.4 Å². The number of carboxylic acid groups (broad SMARTS) is 1. The number of hydrogen-bond acceptors (Lipinski definition) is 3. The Morgan fingerprint density at radius 2 is 2.11 bits per heavy atom. The van der Waals surface area contributed by atoms with Gasteiger partial charge >= 0.3 is 5.97 Å². The zero-order valence-corrected chi connectivity index (χ0v) is 11.2. The Morgan fingerprint density at radius 1 is 1.44 bits per heavy atom. The molecule has 1 fully saturated rings. The molecule has 1 aromatic heterocycles. The van der Waals surface area contributed by atoms with Gasteiger partial charge in [-0.05, 0) is 36.8 Å². The molecular formula is C13H17NO3S. The van der Waals surface area contributed by atoms with Crippen LogP contribution in [0.5, 0.6) is 0 Å². The van der Waals surface area contributed by atoms with Gasteiger partial charge in [0, 0.05) is 6.54 Å². The van der Waals surface area contributed by atoms with Crippen molar-refractivity contribution in [3.8, 4) is 0 Å². The molecule has 0 unspecified atom stereocenters. The van der Waals surface area contributed by atoms with Crippen molar-refractivity contribution in [1.29, 1.82) is 0 Å². The number of aliphatic carboxylic acids is 1. The van der Waals surface area contributed by atoms with Crippen LogP contribution < -0.4 is 5.32 Å². The smallest absolute Gasteiger partial charge is 0.311 e. The Morgan fingerprint density at radius 3 is 2.61 bits per heavy atom. The second kappa shape index (κ2) is 5.10. The summed E-state index contributed by atoms with van der Waals surface area (Å²) in [5.74, 6) is -0.946. The van der Waals surface area contributed by atoms with Gasteiger partial charge in [0.1, 0.15) is 0 Å². The van der Waals surface area contributed by atoms with E-state index in [9.17, 15) is 14.7 Å². The summed E-state index contributed by atoms with van der Waals surface area (Å²) in [6.45, 7) is 2.12. The Balaban J connectivity index is 2.01. The molecule has 2 rings (SSSR count). The van der Waals surface area contributed by atoms with Crippen LogP contribution in [0, 0.1) is 12.3 Å². The predicted octanol–water partition coefficient (Wildman–Crippen LogP) is 2.43. The number of rotatable bonds is 4. The third-order valence-corrected chi connectivity index (χ3v) is 4.69. The molecule has 0 bridgehead atoms. The van der Waals surface area contributed by atoms with Crippen LogP contribution in [0.4, 0.5) is 0 Å². The molecule has 1 amide bonds. The largest absolute Gasteiger partial charge is 0.481 e. The molecule has 0 aliphatic heterocycles. The van der Waals surface area contributed by atoms with Gasteiger partial charge in [-0.1, -0.05) is 12.8 Å². The Kier molecular flexibility index (Phi) is 3.71. The lowest BCUT2D eigenvalue weighted by atomic mass is 9.86. The molecule has 18 heavy (non-hydrogen) atoms. The summed E-state index contributed by atoms with van der Waals surface area (Å²) in [4.78, 5) is 24.0. The first-order valence-electron chi connectivity index (χ1n) is 6.11. The molecule has 1 aliphatic rings. The lowest BCUT2D eigenvalue weighted by Gasteiger charge is -2.23. The predicted molar refractivity (Wildman–Crippen MR) is 69.9 cm³/mol. The van der Waals surface area contributed by atoms with Gasteiger partial charge in [-0.3, -0.25) is 9.59 Å². The van der Waals surface area contributed by atoms with E-state index in [1.54, 1.807) is 0 Å². The van der Waals surface area contributed by atoms with E-state index in [1.807, 2.05) is 18.4 Å². The van der Waals surface area contributed by atoms with Crippen LogP contribution in [0.3, 0.4) is 0 Å². The second-order valence-electron chi connectivity index (χ2n) is 4.91. The zero-order chi connectivity index (χ0) is 13.2. The molecule has 4 nitrogen and oxygen atoms in total. The van der Waals surface area contributed by atoms with Crippen LogP contribution in [0.2, 0.25) is 0 Å². The van der Waals surface area contributed by atoms with Crippen LogP contribution in [-0.2, 0) is 4.79 Å². The van der Waals surface area contributed by atoms with Gasteiger partial charge in [0.15, 0.2) is 0 Å². The van der Waals surface area contributed by atoms with E-state index in [0.29, 0.717) is 17.7 Å². The average molecular weight is 267 g/mol. The Bertz CT molecular complexity index is 461. The Hall–Kier alpha value is -1.36. The van der Waals surface area contributed by atoms with Gasteiger partial charge in [0.2, 0.25) is 0 Å². The number of hydrogen-bond donors (Lipinski definition) is 2. The fourth-order valence-electron chi connectivity index (χ4n) is 2.45. The maximum Gasteiger partial charge on any atom is 0.311 e. The summed E-state index contributed by atoms with van der Waals surface area (Å²) in [6, 6.07) is 1.89. The van der Waals surface area contributed by atoms with Crippen molar-refractivity contribution in [2.24, 2.45) is 5.41 Å². The van der Waals surface area contributed by atoms with Crippen LogP contribution in [0.25, 0.3) is 0 Å². The quantitative estimate of drug-likeness (QED) is 0.880. The summed E-state index contributed by atoms with van der Waals surface area (Å²) in [7, 11) is 0. The van der Waals surface area contributed by atoms with Crippen molar-refractivity contribution in [3.05, 3.63) is 21.9 Å². The molecular weight excluding hydrogens is 250 g/mol. The van der Waals surface area contributed by atoms with Crippen LogP contribution in [0.15, 0.2) is 11.4 Å². The van der Waals surface area contributed by atoms with Gasteiger partial charge in [-0.2, -0.15) is 0 Å². The summed E-state index contributed by atoms with van der Waals surface area (Å²) < 4.78 is 0. The second-order valence-corrected chi connectivity index (χ2v) is 5.82. The highest BCUT2D eigenvalue weighted by atomic mass is 32.1. The number of thiophene rings is 1. The fraction of sp³-hybridized carbons (Fsp3) is 0.538. The molecule has 0 spiro atoms. The van der Waals surface area contributed by atoms with Crippen molar-refractivity contribution in [2.45, 2.75) is 32.6 Å². The van der Waals surface area contributed by atoms with Crippen LogP contribution >= 0.6 is 11.3 Å². The molecule has 1 aromatic rings. The molecule has 1 saturated carbocycles. The van der Waals surface area contributed by atoms with Crippen molar-refractivity contribution in [2.75, 3.05) is 6.54 Å². The first-order chi connectivity index (χ1) is 8.55. The van der Waals surface area contributed by atoms with Crippen LogP contribution in [0.1, 0.15) is 40.9 Å². The minimum Gasteiger partial charge on any atom is -0.481 e. The van der Waals surface area contributed by atoms with E-state index < -0.39 is 11.4 Å². The molecule has 1 heterocycles. The number of amides is 1. The molecule has 0 atom stereocenters. The van der Waals surface area contributed by atoms with Gasteiger partial charge in [-0.15, -0.1) is 11.3 Å². The van der Waals surface area contributed by atoms with Crippen molar-refractivity contribution < 1.29 is 14.7 Å². The zero-order valence-electron chi connectivity index (χ0n) is 10.4. The lowest BCUT2D eigenvalue weighted by molar-refractivity contribution is -0.148. The third-order valence-electron chi connectivity index (χ3n) is 3.67. The van der Waals surface area contributed by atoms with Gasteiger partial charge in [-0.25, -0.2) is 0 Å². The molecule has 2 N–H and O–H groups in total. The maximum absolute atomic E-state index is 12.0. The number of carbonyl (C=O) groups excluding carboxylic acids is 1. The number of aryl methyl sites for hydroxylation is 1. The van der Waals surface area contributed by atoms with E-state index in [-0.39, 0.29) is 12.5 Å². The highest BCUT2D eigenvalue weighted by molar-refractivity contribution is 7.12. The van der Waals surface area contributed by atoms with E-state index in [1.165, 1.54) is 11.3 Å². The summed E-state index contributed by atoms with van der Waals surface area (Å²) in [5, 5.41) is 14.0. The monoisotopic (exact) mass is 267 g/mol. The van der Waals surface area contributed by atoms with Crippen molar-refractivity contribution >= 4 is 23.2 Å². The summed E-state index contributed by atoms with van der Waals surface area (Å²) >= 11 is 1.39. The maximum atomic E-state index is 12.0. The third kappa shape index (κ3) is 2.41. The standard InChI is InChI=1S/C13H17NO3S/c1-9-4-7-18-10(9)11(15)14-8-13(12(16)17)5-2-3-6-13/h4,7H,2-3,5-6,8H2,1H3,(H,14,15)(H,16,17). The highest BCUT2D eigenvalue weighted by Gasteiger charge is 2.41. The minimum atomic E-state index is -0.789. The molecule has 0 aromatic carbocycles. The molecule has 5 heteroatoms. The molecule has 98 valence electrons. The Labute approximate surface area is 110 Å². The molecule has 1 aliphatic carbocycles. The lowest BCUT2D eigenvalue weighted by Crippen LogP contribution is -2.41. The fourth-order valence-corrected chi connectivity index (χ4v) is 3.29. The van der Waals surface area contributed by atoms with Gasteiger partial charge in [0.05, 0.1) is 10.3 Å². The van der Waals surface area contributed by atoms with Crippen LogP contribution in [-0.4, -0.2) is 23.5 Å². The van der Waals surface area contributed by atoms with E-state index in [2.05, 4.69) is 5.32 Å². The summed E-state index contributed by atoms with van der Waals surface area (Å²) in [6.07, 6.45) is 3.18. The van der Waals surface area contributed by atoms with E-state index in [0.717, 1.165) is 18.4 Å². The van der Waals surface area contributed by atoms with Gasteiger partial charge in [0.25, 0.3) is 5.91 Å². The normalized spacial score (nSPS) is 17.6. The average Bonchev–Trinajstić information content (AvgIpc) is 2.95. The molecule has 0 radical (unpaired) electrons. The topological polar surface area (TPSA) is 66.4 Å². The number of nitrogens with one attached hydrogen (secondary N) is 1. The first kappa shape index (κ1) is 13.1. The number of carbonyl (C=O) groups is 2. The minimum absolute atomic E-state index is 0.157. The molecule has 0 saturated heterocycles. The summed E-state index contributed by atoms with van der Waals surface area (Å²) in [5.41, 5.74) is 0.189. The van der Waals surface area contributed by atoms with Crippen molar-refractivity contribution in [3.63, 3.8) is 0 Å². The van der Waals surface area contributed by atoms with E-state index in [4.69, 9.17) is 0 Å². The van der Waals surface area contributed by atoms with Crippen molar-refractivity contribution in [1.82, 2.24) is 5.32 Å². The number of carboxylic acids is 1. The first-order valence-corrected chi connectivity index (χ1v) is 6.99. The highest BCUT2D eigenvalue weighted by Crippen LogP contribution is 2.37.